The number of oxime groups is 2. The molecule has 2 aromatic rings. The van der Waals surface area contributed by atoms with Gasteiger partial charge in [0.1, 0.15) is 13.7 Å². The number of likely N-dealkylation sites (N-methyl/N-ethyl adjacent to an activating group) is 1. The highest BCUT2D eigenvalue weighted by Gasteiger charge is 2.24. The predicted molar refractivity (Wildman–Crippen MR) is 119 cm³/mol. The first-order valence-corrected chi connectivity index (χ1v) is 10.2. The molecule has 158 valence electrons. The molecule has 0 aromatic heterocycles. The number of nitrogens with one attached hydrogen (secondary N) is 1. The van der Waals surface area contributed by atoms with Crippen LogP contribution in [0, 0.1) is 19.8 Å². The minimum atomic E-state index is -0.318. The zero-order valence-corrected chi connectivity index (χ0v) is 18.1. The molecule has 0 unspecified atom stereocenters. The quantitative estimate of drug-likeness (QED) is 0.502. The van der Waals surface area contributed by atoms with Crippen molar-refractivity contribution in [2.24, 2.45) is 16.2 Å². The maximum absolute atomic E-state index is 12.3. The highest BCUT2D eigenvalue weighted by molar-refractivity contribution is 6.45. The topological polar surface area (TPSA) is 72.3 Å². The molecule has 1 fully saturated rings. The molecule has 6 heteroatoms. The number of benzene rings is 2. The van der Waals surface area contributed by atoms with Crippen LogP contribution in [0.3, 0.4) is 0 Å². The molecule has 1 amide bonds. The molecule has 0 saturated heterocycles. The zero-order chi connectivity index (χ0) is 21.5. The molecule has 6 nitrogen and oxygen atoms in total. The van der Waals surface area contributed by atoms with Crippen LogP contribution in [0.15, 0.2) is 52.8 Å². The Balaban J connectivity index is 1.86. The summed E-state index contributed by atoms with van der Waals surface area (Å²) in [5, 5.41) is 11.0. The molecule has 0 radical (unpaired) electrons. The lowest BCUT2D eigenvalue weighted by Gasteiger charge is -2.13. The third-order valence-electron chi connectivity index (χ3n) is 5.20. The highest BCUT2D eigenvalue weighted by Crippen LogP contribution is 2.34. The van der Waals surface area contributed by atoms with Crippen LogP contribution in [0.25, 0.3) is 0 Å². The third-order valence-corrected chi connectivity index (χ3v) is 5.20. The van der Waals surface area contributed by atoms with E-state index in [1.807, 2.05) is 31.2 Å². The predicted octanol–water partition coefficient (Wildman–Crippen LogP) is 4.12. The fourth-order valence-electron chi connectivity index (χ4n) is 3.34. The normalized spacial score (nSPS) is 14.4. The van der Waals surface area contributed by atoms with E-state index in [0.29, 0.717) is 11.5 Å². The van der Waals surface area contributed by atoms with Gasteiger partial charge < -0.3 is 15.0 Å². The molecule has 1 saturated carbocycles. The highest BCUT2D eigenvalue weighted by atomic mass is 16.6. The van der Waals surface area contributed by atoms with Crippen LogP contribution in [0.4, 0.5) is 0 Å². The maximum Gasteiger partial charge on any atom is 0.273 e. The standard InChI is InChI=1S/C24H29N3O3/c1-16-7-5-9-19(13-16)22(14-18-11-12-18)26-30-15-21-17(2)8-6-10-20(21)23(27-29-4)24(28)25-3/h5-10,13,18H,11-12,14-15H2,1-4H3,(H,25,28)/b26-22+,27-23+. The Morgan fingerprint density at radius 1 is 1.13 bits per heavy atom. The van der Waals surface area contributed by atoms with E-state index in [9.17, 15) is 4.79 Å². The fourth-order valence-corrected chi connectivity index (χ4v) is 3.34. The van der Waals surface area contributed by atoms with Crippen molar-refractivity contribution in [2.75, 3.05) is 14.2 Å². The van der Waals surface area contributed by atoms with Gasteiger partial charge in [0.05, 0.1) is 5.71 Å². The second-order valence-electron chi connectivity index (χ2n) is 7.63. The van der Waals surface area contributed by atoms with Gasteiger partial charge in [-0.3, -0.25) is 4.79 Å². The fraction of sp³-hybridized carbons (Fsp3) is 0.375. The maximum atomic E-state index is 12.3. The first-order chi connectivity index (χ1) is 14.5. The Kier molecular flexibility index (Phi) is 7.22. The van der Waals surface area contributed by atoms with Gasteiger partial charge in [-0.05, 0) is 50.2 Å². The van der Waals surface area contributed by atoms with E-state index in [1.165, 1.54) is 25.5 Å². The number of hydrogen-bond donors (Lipinski definition) is 1. The molecule has 0 bridgehead atoms. The van der Waals surface area contributed by atoms with Crippen molar-refractivity contribution in [2.45, 2.75) is 39.7 Å². The summed E-state index contributed by atoms with van der Waals surface area (Å²) < 4.78 is 0. The van der Waals surface area contributed by atoms with Gasteiger partial charge in [-0.2, -0.15) is 0 Å². The Morgan fingerprint density at radius 3 is 2.57 bits per heavy atom. The van der Waals surface area contributed by atoms with Gasteiger partial charge in [0.2, 0.25) is 0 Å². The second kappa shape index (κ2) is 10.1. The Labute approximate surface area is 177 Å². The summed E-state index contributed by atoms with van der Waals surface area (Å²) in [6.45, 7) is 4.29. The van der Waals surface area contributed by atoms with Crippen molar-refractivity contribution in [3.8, 4) is 0 Å². The molecular weight excluding hydrogens is 378 g/mol. The summed E-state index contributed by atoms with van der Waals surface area (Å²) in [6, 6.07) is 14.0. The lowest BCUT2D eigenvalue weighted by Crippen LogP contribution is -2.29. The van der Waals surface area contributed by atoms with E-state index in [1.54, 1.807) is 7.05 Å². The largest absolute Gasteiger partial charge is 0.398 e. The summed E-state index contributed by atoms with van der Waals surface area (Å²) >= 11 is 0. The first-order valence-electron chi connectivity index (χ1n) is 10.2. The van der Waals surface area contributed by atoms with Crippen LogP contribution in [-0.4, -0.2) is 31.5 Å². The van der Waals surface area contributed by atoms with Gasteiger partial charge in [-0.15, -0.1) is 0 Å². The number of hydrogen-bond acceptors (Lipinski definition) is 5. The van der Waals surface area contributed by atoms with Crippen LogP contribution in [-0.2, 0) is 21.1 Å². The number of carbonyl (C=O) groups excluding carboxylic acids is 1. The first kappa shape index (κ1) is 21.6. The molecular formula is C24H29N3O3. The molecule has 30 heavy (non-hydrogen) atoms. The number of amides is 1. The molecule has 1 N–H and O–H groups in total. The molecule has 1 aliphatic rings. The molecule has 3 rings (SSSR count). The second-order valence-corrected chi connectivity index (χ2v) is 7.63. The van der Waals surface area contributed by atoms with Crippen LogP contribution in [0.2, 0.25) is 0 Å². The Morgan fingerprint density at radius 2 is 1.90 bits per heavy atom. The molecule has 0 heterocycles. The van der Waals surface area contributed by atoms with Gasteiger partial charge in [-0.1, -0.05) is 58.3 Å². The average molecular weight is 408 g/mol. The van der Waals surface area contributed by atoms with Crippen LogP contribution >= 0.6 is 0 Å². The van der Waals surface area contributed by atoms with Gasteiger partial charge in [0, 0.05) is 18.2 Å². The van der Waals surface area contributed by atoms with Crippen molar-refractivity contribution in [1.29, 1.82) is 0 Å². The van der Waals surface area contributed by atoms with Crippen molar-refractivity contribution < 1.29 is 14.5 Å². The van der Waals surface area contributed by atoms with Gasteiger partial charge in [0.15, 0.2) is 5.71 Å². The number of rotatable bonds is 9. The third kappa shape index (κ3) is 5.47. The van der Waals surface area contributed by atoms with Gasteiger partial charge in [0.25, 0.3) is 5.91 Å². The lowest BCUT2D eigenvalue weighted by atomic mass is 9.98. The summed E-state index contributed by atoms with van der Waals surface area (Å²) in [5.41, 5.74) is 6.00. The minimum Gasteiger partial charge on any atom is -0.398 e. The zero-order valence-electron chi connectivity index (χ0n) is 18.1. The summed E-state index contributed by atoms with van der Waals surface area (Å²) in [6.07, 6.45) is 3.41. The van der Waals surface area contributed by atoms with Crippen LogP contribution in [0.5, 0.6) is 0 Å². The Hall–Kier alpha value is -3.15. The summed E-state index contributed by atoms with van der Waals surface area (Å²) in [7, 11) is 2.99. The van der Waals surface area contributed by atoms with Crippen molar-refractivity contribution in [3.63, 3.8) is 0 Å². The molecule has 0 spiro atoms. The molecule has 2 aromatic carbocycles. The number of nitrogens with zero attached hydrogens (tertiary/aromatic N) is 2. The van der Waals surface area contributed by atoms with E-state index in [-0.39, 0.29) is 18.2 Å². The van der Waals surface area contributed by atoms with Gasteiger partial charge >= 0.3 is 0 Å². The number of aryl methyl sites for hydroxylation is 2. The molecule has 0 aliphatic heterocycles. The van der Waals surface area contributed by atoms with Crippen molar-refractivity contribution in [3.05, 3.63) is 70.3 Å². The molecule has 0 atom stereocenters. The van der Waals surface area contributed by atoms with Crippen molar-refractivity contribution in [1.82, 2.24) is 5.32 Å². The average Bonchev–Trinajstić information content (AvgIpc) is 3.56. The van der Waals surface area contributed by atoms with Crippen LogP contribution in [0.1, 0.15) is 47.1 Å². The van der Waals surface area contributed by atoms with E-state index >= 15 is 0 Å². The summed E-state index contributed by atoms with van der Waals surface area (Å²) in [4.78, 5) is 23.0. The monoisotopic (exact) mass is 407 g/mol. The van der Waals surface area contributed by atoms with Crippen molar-refractivity contribution >= 4 is 17.3 Å². The summed E-state index contributed by atoms with van der Waals surface area (Å²) in [5.74, 6) is 0.372. The van der Waals surface area contributed by atoms with E-state index in [4.69, 9.17) is 9.68 Å². The number of carbonyl (C=O) groups is 1. The SMILES string of the molecule is CNC(=O)/C(=N/OC)c1cccc(C)c1CO/N=C(\CC1CC1)c1cccc(C)c1. The molecule has 1 aliphatic carbocycles. The minimum absolute atomic E-state index is 0.211. The van der Waals surface area contributed by atoms with E-state index < -0.39 is 0 Å². The lowest BCUT2D eigenvalue weighted by molar-refractivity contribution is -0.114. The van der Waals surface area contributed by atoms with Gasteiger partial charge in [-0.25, -0.2) is 0 Å². The van der Waals surface area contributed by atoms with E-state index in [0.717, 1.165) is 28.8 Å². The Bertz CT molecular complexity index is 962. The van der Waals surface area contributed by atoms with E-state index in [2.05, 4.69) is 40.8 Å². The smallest absolute Gasteiger partial charge is 0.273 e. The van der Waals surface area contributed by atoms with Crippen LogP contribution < -0.4 is 5.32 Å².